The highest BCUT2D eigenvalue weighted by Gasteiger charge is 2.24. The number of hydrogen-bond donors (Lipinski definition) is 2. The lowest BCUT2D eigenvalue weighted by Crippen LogP contribution is -2.44. The second-order valence-electron chi connectivity index (χ2n) is 7.51. The van der Waals surface area contributed by atoms with Crippen molar-refractivity contribution in [1.29, 1.82) is 0 Å². The molecule has 0 saturated carbocycles. The Morgan fingerprint density at radius 2 is 1.83 bits per heavy atom. The molecule has 2 aromatic carbocycles. The highest BCUT2D eigenvalue weighted by molar-refractivity contribution is 14.0. The Kier molecular flexibility index (Phi) is 9.71. The zero-order chi connectivity index (χ0) is 19.9. The van der Waals surface area contributed by atoms with Gasteiger partial charge in [-0.2, -0.15) is 0 Å². The summed E-state index contributed by atoms with van der Waals surface area (Å²) >= 11 is 3.66. The van der Waals surface area contributed by atoms with Gasteiger partial charge in [-0.3, -0.25) is 4.99 Å². The van der Waals surface area contributed by atoms with Crippen molar-refractivity contribution in [1.82, 2.24) is 15.5 Å². The molecule has 1 atom stereocenters. The van der Waals surface area contributed by atoms with Gasteiger partial charge in [0, 0.05) is 43.7 Å². The van der Waals surface area contributed by atoms with Crippen LogP contribution in [0.1, 0.15) is 17.5 Å². The molecule has 0 bridgehead atoms. The molecule has 1 fully saturated rings. The fraction of sp³-hybridized carbons (Fsp3) is 0.409. The predicted octanol–water partition coefficient (Wildman–Crippen LogP) is 4.07. The van der Waals surface area contributed by atoms with Crippen LogP contribution in [0.15, 0.2) is 58.0 Å². The maximum absolute atomic E-state index is 4.40. The number of halogens is 2. The zero-order valence-corrected chi connectivity index (χ0v) is 21.3. The molecule has 0 radical (unpaired) electrons. The molecular formula is C22H31BrIN5. The van der Waals surface area contributed by atoms with Gasteiger partial charge in [-0.1, -0.05) is 36.4 Å². The summed E-state index contributed by atoms with van der Waals surface area (Å²) in [5.74, 6) is 0.858. The van der Waals surface area contributed by atoms with Gasteiger partial charge in [-0.05, 0) is 59.7 Å². The maximum Gasteiger partial charge on any atom is 0.191 e. The van der Waals surface area contributed by atoms with E-state index < -0.39 is 0 Å². The Morgan fingerprint density at radius 1 is 1.14 bits per heavy atom. The first-order valence-corrected chi connectivity index (χ1v) is 10.5. The van der Waals surface area contributed by atoms with Crippen LogP contribution in [0.2, 0.25) is 0 Å². The van der Waals surface area contributed by atoms with Crippen LogP contribution in [0.4, 0.5) is 5.69 Å². The third kappa shape index (κ3) is 7.15. The zero-order valence-electron chi connectivity index (χ0n) is 17.4. The van der Waals surface area contributed by atoms with Crippen molar-refractivity contribution in [2.24, 2.45) is 4.99 Å². The smallest absolute Gasteiger partial charge is 0.191 e. The van der Waals surface area contributed by atoms with Gasteiger partial charge in [0.15, 0.2) is 5.96 Å². The van der Waals surface area contributed by atoms with Crippen molar-refractivity contribution in [3.63, 3.8) is 0 Å². The molecule has 7 heteroatoms. The molecule has 1 heterocycles. The molecule has 1 saturated heterocycles. The summed E-state index contributed by atoms with van der Waals surface area (Å²) in [5.41, 5.74) is 3.84. The van der Waals surface area contributed by atoms with Gasteiger partial charge in [-0.25, -0.2) is 0 Å². The quantitative estimate of drug-likeness (QED) is 0.312. The summed E-state index contributed by atoms with van der Waals surface area (Å²) in [6.45, 7) is 3.75. The molecule has 0 spiro atoms. The number of benzene rings is 2. The summed E-state index contributed by atoms with van der Waals surface area (Å²) in [4.78, 5) is 8.99. The number of guanidine groups is 1. The van der Waals surface area contributed by atoms with Crippen molar-refractivity contribution in [2.45, 2.75) is 25.6 Å². The van der Waals surface area contributed by atoms with Crippen LogP contribution in [-0.2, 0) is 13.1 Å². The average molecular weight is 572 g/mol. The van der Waals surface area contributed by atoms with Crippen molar-refractivity contribution in [2.75, 3.05) is 39.1 Å². The number of nitrogens with zero attached hydrogens (tertiary/aromatic N) is 3. The molecule has 29 heavy (non-hydrogen) atoms. The van der Waals surface area contributed by atoms with E-state index in [0.717, 1.165) is 43.0 Å². The third-order valence-corrected chi connectivity index (χ3v) is 5.60. The fourth-order valence-electron chi connectivity index (χ4n) is 3.51. The molecule has 1 aliphatic heterocycles. The van der Waals surface area contributed by atoms with Gasteiger partial charge in [0.1, 0.15) is 0 Å². The highest BCUT2D eigenvalue weighted by atomic mass is 127. The van der Waals surface area contributed by atoms with Crippen molar-refractivity contribution in [3.05, 3.63) is 64.1 Å². The van der Waals surface area contributed by atoms with Gasteiger partial charge in [0.2, 0.25) is 0 Å². The normalized spacial score (nSPS) is 16.7. The van der Waals surface area contributed by atoms with Gasteiger partial charge in [0.05, 0.1) is 5.69 Å². The van der Waals surface area contributed by atoms with E-state index in [1.807, 2.05) is 7.05 Å². The van der Waals surface area contributed by atoms with Gasteiger partial charge in [0.25, 0.3) is 0 Å². The molecule has 0 amide bonds. The summed E-state index contributed by atoms with van der Waals surface area (Å²) in [7, 11) is 6.01. The molecule has 1 unspecified atom stereocenters. The largest absolute Gasteiger partial charge is 0.368 e. The summed E-state index contributed by atoms with van der Waals surface area (Å²) in [6, 6.07) is 17.6. The Hall–Kier alpha value is -1.32. The molecule has 1 aliphatic rings. The summed E-state index contributed by atoms with van der Waals surface area (Å²) < 4.78 is 1.15. The van der Waals surface area contributed by atoms with Crippen LogP contribution in [-0.4, -0.2) is 51.1 Å². The van der Waals surface area contributed by atoms with E-state index in [2.05, 4.69) is 104 Å². The molecule has 0 aliphatic carbocycles. The predicted molar refractivity (Wildman–Crippen MR) is 137 cm³/mol. The van der Waals surface area contributed by atoms with E-state index in [1.165, 1.54) is 16.8 Å². The molecule has 2 aromatic rings. The van der Waals surface area contributed by atoms with Gasteiger partial charge < -0.3 is 20.4 Å². The SMILES string of the molecule is CN=C(NCc1ccc(CN(C)C)cc1)NC1CCN(c2ccccc2Br)C1.I. The summed E-state index contributed by atoms with van der Waals surface area (Å²) in [6.07, 6.45) is 1.10. The average Bonchev–Trinajstić information content (AvgIpc) is 3.14. The second kappa shape index (κ2) is 11.8. The Bertz CT molecular complexity index is 794. The minimum absolute atomic E-state index is 0. The number of nitrogens with one attached hydrogen (secondary N) is 2. The number of para-hydroxylation sites is 1. The van der Waals surface area contributed by atoms with Crippen LogP contribution in [0.5, 0.6) is 0 Å². The van der Waals surface area contributed by atoms with Crippen LogP contribution < -0.4 is 15.5 Å². The summed E-state index contributed by atoms with van der Waals surface area (Å²) in [5, 5.41) is 7.01. The molecule has 5 nitrogen and oxygen atoms in total. The molecular weight excluding hydrogens is 541 g/mol. The fourth-order valence-corrected chi connectivity index (χ4v) is 4.04. The van der Waals surface area contributed by atoms with E-state index in [4.69, 9.17) is 0 Å². The topological polar surface area (TPSA) is 42.9 Å². The standard InChI is InChI=1S/C22H30BrN5.HI/c1-24-22(25-14-17-8-10-18(11-9-17)15-27(2)3)26-19-12-13-28(16-19)21-7-5-4-6-20(21)23;/h4-11,19H,12-16H2,1-3H3,(H2,24,25,26);1H. The van der Waals surface area contributed by atoms with E-state index in [9.17, 15) is 0 Å². The Morgan fingerprint density at radius 3 is 2.48 bits per heavy atom. The maximum atomic E-state index is 4.40. The number of aliphatic imine (C=N–C) groups is 1. The molecule has 3 rings (SSSR count). The minimum Gasteiger partial charge on any atom is -0.368 e. The number of anilines is 1. The van der Waals surface area contributed by atoms with E-state index in [0.29, 0.717) is 6.04 Å². The third-order valence-electron chi connectivity index (χ3n) is 4.93. The van der Waals surface area contributed by atoms with E-state index >= 15 is 0 Å². The van der Waals surface area contributed by atoms with E-state index in [1.54, 1.807) is 0 Å². The highest BCUT2D eigenvalue weighted by Crippen LogP contribution is 2.28. The van der Waals surface area contributed by atoms with E-state index in [-0.39, 0.29) is 24.0 Å². The Labute approximate surface area is 200 Å². The van der Waals surface area contributed by atoms with Gasteiger partial charge in [-0.15, -0.1) is 24.0 Å². The molecule has 0 aromatic heterocycles. The van der Waals surface area contributed by atoms with Crippen molar-refractivity contribution < 1.29 is 0 Å². The number of hydrogen-bond acceptors (Lipinski definition) is 3. The van der Waals surface area contributed by atoms with Crippen LogP contribution in [0.25, 0.3) is 0 Å². The first-order chi connectivity index (χ1) is 13.5. The monoisotopic (exact) mass is 571 g/mol. The first kappa shape index (κ1) is 24.0. The lowest BCUT2D eigenvalue weighted by Gasteiger charge is -2.21. The van der Waals surface area contributed by atoms with Crippen LogP contribution in [0.3, 0.4) is 0 Å². The molecule has 158 valence electrons. The van der Waals surface area contributed by atoms with Crippen LogP contribution in [0, 0.1) is 0 Å². The van der Waals surface area contributed by atoms with Crippen molar-refractivity contribution >= 4 is 51.6 Å². The lowest BCUT2D eigenvalue weighted by molar-refractivity contribution is 0.402. The Balaban J connectivity index is 0.00000300. The minimum atomic E-state index is 0. The lowest BCUT2D eigenvalue weighted by atomic mass is 10.1. The molecule has 2 N–H and O–H groups in total. The first-order valence-electron chi connectivity index (χ1n) is 9.74. The number of rotatable bonds is 6. The van der Waals surface area contributed by atoms with Crippen LogP contribution >= 0.6 is 39.9 Å². The van der Waals surface area contributed by atoms with Gasteiger partial charge >= 0.3 is 0 Å². The van der Waals surface area contributed by atoms with Crippen molar-refractivity contribution in [3.8, 4) is 0 Å². The second-order valence-corrected chi connectivity index (χ2v) is 8.36.